The van der Waals surface area contributed by atoms with E-state index >= 15 is 0 Å². The number of hydrogen-bond donors (Lipinski definition) is 1. The van der Waals surface area contributed by atoms with Gasteiger partial charge in [-0.25, -0.2) is 9.97 Å². The van der Waals surface area contributed by atoms with E-state index in [0.29, 0.717) is 5.95 Å². The standard InChI is InChI=1S/C20H21N5O2/c1-21-20-23-9-17(10-24-20)13-25(11-15-4-6-22-7-5-15)12-16-2-3-18-19(8-16)27-14-26-18/h2-10H,11-14H2,1H3,(H,21,23,24). The molecule has 0 spiro atoms. The zero-order chi connectivity index (χ0) is 18.5. The van der Waals surface area contributed by atoms with Crippen LogP contribution in [-0.2, 0) is 19.6 Å². The predicted octanol–water partition coefficient (Wildman–Crippen LogP) is 2.84. The van der Waals surface area contributed by atoms with Crippen molar-refractivity contribution in [3.63, 3.8) is 0 Å². The summed E-state index contributed by atoms with van der Waals surface area (Å²) in [5, 5.41) is 2.94. The highest BCUT2D eigenvalue weighted by molar-refractivity contribution is 5.44. The van der Waals surface area contributed by atoms with Crippen molar-refractivity contribution in [2.75, 3.05) is 19.2 Å². The first-order valence-electron chi connectivity index (χ1n) is 8.78. The summed E-state index contributed by atoms with van der Waals surface area (Å²) in [5.74, 6) is 2.23. The molecule has 2 aromatic heterocycles. The predicted molar refractivity (Wildman–Crippen MR) is 101 cm³/mol. The molecule has 1 aliphatic heterocycles. The zero-order valence-electron chi connectivity index (χ0n) is 15.1. The van der Waals surface area contributed by atoms with Gasteiger partial charge in [0.25, 0.3) is 0 Å². The molecule has 0 bridgehead atoms. The molecule has 1 N–H and O–H groups in total. The SMILES string of the molecule is CNc1ncc(CN(Cc2ccncc2)Cc2ccc3c(c2)OCO3)cn1. The number of benzene rings is 1. The Labute approximate surface area is 158 Å². The van der Waals surface area contributed by atoms with Crippen LogP contribution >= 0.6 is 0 Å². The van der Waals surface area contributed by atoms with Gasteiger partial charge in [0.1, 0.15) is 0 Å². The summed E-state index contributed by atoms with van der Waals surface area (Å²) in [5.41, 5.74) is 3.43. The number of fused-ring (bicyclic) bond motifs is 1. The molecule has 138 valence electrons. The van der Waals surface area contributed by atoms with Gasteiger partial charge in [0.2, 0.25) is 12.7 Å². The third-order valence-corrected chi connectivity index (χ3v) is 4.33. The summed E-state index contributed by atoms with van der Waals surface area (Å²) >= 11 is 0. The minimum absolute atomic E-state index is 0.286. The highest BCUT2D eigenvalue weighted by atomic mass is 16.7. The van der Waals surface area contributed by atoms with E-state index in [-0.39, 0.29) is 6.79 Å². The number of ether oxygens (including phenoxy) is 2. The molecule has 0 saturated carbocycles. The molecule has 27 heavy (non-hydrogen) atoms. The number of anilines is 1. The van der Waals surface area contributed by atoms with Crippen molar-refractivity contribution in [2.45, 2.75) is 19.6 Å². The third-order valence-electron chi connectivity index (χ3n) is 4.33. The second kappa shape index (κ2) is 8.01. The number of hydrogen-bond acceptors (Lipinski definition) is 7. The van der Waals surface area contributed by atoms with E-state index in [1.807, 2.05) is 56.1 Å². The van der Waals surface area contributed by atoms with Gasteiger partial charge in [-0.15, -0.1) is 0 Å². The van der Waals surface area contributed by atoms with Crippen LogP contribution in [0.25, 0.3) is 0 Å². The van der Waals surface area contributed by atoms with Crippen molar-refractivity contribution < 1.29 is 9.47 Å². The summed E-state index contributed by atoms with van der Waals surface area (Å²) in [4.78, 5) is 15.1. The molecule has 7 heteroatoms. The first-order valence-corrected chi connectivity index (χ1v) is 8.78. The van der Waals surface area contributed by atoms with Crippen molar-refractivity contribution in [1.29, 1.82) is 0 Å². The molecule has 1 aromatic carbocycles. The van der Waals surface area contributed by atoms with Gasteiger partial charge >= 0.3 is 0 Å². The smallest absolute Gasteiger partial charge is 0.231 e. The van der Waals surface area contributed by atoms with Crippen LogP contribution < -0.4 is 14.8 Å². The van der Waals surface area contributed by atoms with Crippen molar-refractivity contribution in [1.82, 2.24) is 19.9 Å². The highest BCUT2D eigenvalue weighted by Crippen LogP contribution is 2.33. The normalized spacial score (nSPS) is 12.4. The topological polar surface area (TPSA) is 72.4 Å². The van der Waals surface area contributed by atoms with Gasteiger partial charge in [-0.1, -0.05) is 6.07 Å². The van der Waals surface area contributed by atoms with Crippen molar-refractivity contribution in [3.8, 4) is 11.5 Å². The molecule has 1 aliphatic rings. The molecule has 3 aromatic rings. The van der Waals surface area contributed by atoms with Crippen LogP contribution in [0.2, 0.25) is 0 Å². The third kappa shape index (κ3) is 4.32. The number of rotatable bonds is 7. The van der Waals surface area contributed by atoms with Gasteiger partial charge in [0.05, 0.1) is 0 Å². The Bertz CT molecular complexity index is 887. The molecular formula is C20H21N5O2. The molecule has 0 atom stereocenters. The van der Waals surface area contributed by atoms with E-state index in [4.69, 9.17) is 9.47 Å². The summed E-state index contributed by atoms with van der Waals surface area (Å²) in [6.07, 6.45) is 7.36. The Balaban J connectivity index is 1.53. The maximum Gasteiger partial charge on any atom is 0.231 e. The lowest BCUT2D eigenvalue weighted by Gasteiger charge is -2.22. The molecule has 0 unspecified atom stereocenters. The van der Waals surface area contributed by atoms with Crippen molar-refractivity contribution >= 4 is 5.95 Å². The Hall–Kier alpha value is -3.19. The molecular weight excluding hydrogens is 342 g/mol. The fraction of sp³-hybridized carbons (Fsp3) is 0.250. The van der Waals surface area contributed by atoms with E-state index in [2.05, 4.69) is 31.2 Å². The van der Waals surface area contributed by atoms with Gasteiger partial charge in [-0.3, -0.25) is 9.88 Å². The first kappa shape index (κ1) is 17.2. The van der Waals surface area contributed by atoms with E-state index in [1.54, 1.807) is 0 Å². The summed E-state index contributed by atoms with van der Waals surface area (Å²) < 4.78 is 10.9. The molecule has 0 radical (unpaired) electrons. The van der Waals surface area contributed by atoms with E-state index < -0.39 is 0 Å². The van der Waals surface area contributed by atoms with Crippen LogP contribution in [0.5, 0.6) is 11.5 Å². The zero-order valence-corrected chi connectivity index (χ0v) is 15.1. The minimum atomic E-state index is 0.286. The van der Waals surface area contributed by atoms with E-state index in [9.17, 15) is 0 Å². The lowest BCUT2D eigenvalue weighted by molar-refractivity contribution is 0.174. The number of nitrogens with zero attached hydrogens (tertiary/aromatic N) is 4. The fourth-order valence-electron chi connectivity index (χ4n) is 3.04. The quantitative estimate of drug-likeness (QED) is 0.692. The Morgan fingerprint density at radius 1 is 0.889 bits per heavy atom. The van der Waals surface area contributed by atoms with Crippen LogP contribution in [-0.4, -0.2) is 33.7 Å². The van der Waals surface area contributed by atoms with Gasteiger partial charge in [0.15, 0.2) is 11.5 Å². The Morgan fingerprint density at radius 3 is 2.37 bits per heavy atom. The summed E-state index contributed by atoms with van der Waals surface area (Å²) in [6, 6.07) is 10.2. The summed E-state index contributed by atoms with van der Waals surface area (Å²) in [6.45, 7) is 2.59. The second-order valence-corrected chi connectivity index (χ2v) is 6.35. The molecule has 7 nitrogen and oxygen atoms in total. The average Bonchev–Trinajstić information content (AvgIpc) is 3.17. The largest absolute Gasteiger partial charge is 0.454 e. The summed E-state index contributed by atoms with van der Waals surface area (Å²) in [7, 11) is 1.81. The number of aromatic nitrogens is 3. The van der Waals surface area contributed by atoms with Crippen molar-refractivity contribution in [2.24, 2.45) is 0 Å². The average molecular weight is 363 g/mol. The van der Waals surface area contributed by atoms with Gasteiger partial charge in [0, 0.05) is 57.0 Å². The maximum atomic E-state index is 5.51. The van der Waals surface area contributed by atoms with Crippen LogP contribution in [0, 0.1) is 0 Å². The molecule has 0 fully saturated rings. The first-order chi connectivity index (χ1) is 13.3. The fourth-order valence-corrected chi connectivity index (χ4v) is 3.04. The van der Waals surface area contributed by atoms with Crippen LogP contribution in [0.3, 0.4) is 0 Å². The van der Waals surface area contributed by atoms with Crippen LogP contribution in [0.1, 0.15) is 16.7 Å². The van der Waals surface area contributed by atoms with Crippen molar-refractivity contribution in [3.05, 3.63) is 71.8 Å². The monoisotopic (exact) mass is 363 g/mol. The Morgan fingerprint density at radius 2 is 1.59 bits per heavy atom. The van der Waals surface area contributed by atoms with E-state index in [1.165, 1.54) is 11.1 Å². The number of pyridine rings is 1. The molecule has 0 aliphatic carbocycles. The van der Waals surface area contributed by atoms with Crippen LogP contribution in [0.4, 0.5) is 5.95 Å². The van der Waals surface area contributed by atoms with Gasteiger partial charge in [-0.2, -0.15) is 0 Å². The molecule has 3 heterocycles. The molecule has 4 rings (SSSR count). The van der Waals surface area contributed by atoms with Crippen LogP contribution in [0.15, 0.2) is 55.1 Å². The van der Waals surface area contributed by atoms with Gasteiger partial charge < -0.3 is 14.8 Å². The molecule has 0 saturated heterocycles. The lowest BCUT2D eigenvalue weighted by atomic mass is 10.1. The highest BCUT2D eigenvalue weighted by Gasteiger charge is 2.15. The Kier molecular flexibility index (Phi) is 5.11. The second-order valence-electron chi connectivity index (χ2n) is 6.35. The van der Waals surface area contributed by atoms with E-state index in [0.717, 1.165) is 36.7 Å². The minimum Gasteiger partial charge on any atom is -0.454 e. The van der Waals surface area contributed by atoms with Gasteiger partial charge in [-0.05, 0) is 35.4 Å². The number of nitrogens with one attached hydrogen (secondary N) is 1. The maximum absolute atomic E-state index is 5.51. The molecule has 0 amide bonds. The lowest BCUT2D eigenvalue weighted by Crippen LogP contribution is -2.22.